The summed E-state index contributed by atoms with van der Waals surface area (Å²) in [6, 6.07) is 4.79. The average molecular weight is 315 g/mol. The van der Waals surface area contributed by atoms with Crippen LogP contribution in [0.4, 0.5) is 0 Å². The molecule has 1 aromatic carbocycles. The van der Waals surface area contributed by atoms with Crippen LogP contribution in [0.15, 0.2) is 23.1 Å². The van der Waals surface area contributed by atoms with Crippen molar-refractivity contribution in [1.82, 2.24) is 4.72 Å². The lowest BCUT2D eigenvalue weighted by molar-refractivity contribution is 0.251. The number of hydrogen-bond donors (Lipinski definition) is 2. The summed E-state index contributed by atoms with van der Waals surface area (Å²) in [5.41, 5.74) is 0.779. The first-order valence-electron chi connectivity index (χ1n) is 7.19. The van der Waals surface area contributed by atoms with E-state index in [0.29, 0.717) is 18.7 Å². The molecular formula is C15H25NO4S. The lowest BCUT2D eigenvalue weighted by atomic mass is 10.0. The van der Waals surface area contributed by atoms with Gasteiger partial charge < -0.3 is 9.84 Å². The highest BCUT2D eigenvalue weighted by Crippen LogP contribution is 2.21. The molecule has 0 amide bonds. The van der Waals surface area contributed by atoms with Crippen molar-refractivity contribution >= 4 is 10.0 Å². The number of benzene rings is 1. The molecule has 2 N–H and O–H groups in total. The highest BCUT2D eigenvalue weighted by Gasteiger charge is 2.17. The van der Waals surface area contributed by atoms with Crippen molar-refractivity contribution in [2.75, 3.05) is 20.3 Å². The summed E-state index contributed by atoms with van der Waals surface area (Å²) < 4.78 is 32.3. The Morgan fingerprint density at radius 2 is 2.05 bits per heavy atom. The molecule has 0 spiro atoms. The Kier molecular flexibility index (Phi) is 7.14. The number of hydrogen-bond acceptors (Lipinski definition) is 4. The van der Waals surface area contributed by atoms with Crippen molar-refractivity contribution in [1.29, 1.82) is 0 Å². The Balaban J connectivity index is 2.79. The number of aryl methyl sites for hydroxylation is 1. The SMILES string of the molecule is CCCC(CCO)CNS(=O)(=O)c1ccc(OC)c(C)c1. The second kappa shape index (κ2) is 8.36. The molecule has 21 heavy (non-hydrogen) atoms. The van der Waals surface area contributed by atoms with Crippen LogP contribution >= 0.6 is 0 Å². The summed E-state index contributed by atoms with van der Waals surface area (Å²) in [7, 11) is -1.97. The molecule has 0 aliphatic heterocycles. The van der Waals surface area contributed by atoms with Gasteiger partial charge in [0.15, 0.2) is 0 Å². The third-order valence-corrected chi connectivity index (χ3v) is 4.89. The number of rotatable bonds is 9. The molecule has 1 unspecified atom stereocenters. The Morgan fingerprint density at radius 1 is 1.33 bits per heavy atom. The van der Waals surface area contributed by atoms with Crippen molar-refractivity contribution in [3.63, 3.8) is 0 Å². The Morgan fingerprint density at radius 3 is 2.57 bits per heavy atom. The minimum Gasteiger partial charge on any atom is -0.496 e. The van der Waals surface area contributed by atoms with Gasteiger partial charge in [-0.3, -0.25) is 0 Å². The Hall–Kier alpha value is -1.11. The topological polar surface area (TPSA) is 75.6 Å². The van der Waals surface area contributed by atoms with E-state index in [-0.39, 0.29) is 17.4 Å². The van der Waals surface area contributed by atoms with Crippen molar-refractivity contribution in [2.45, 2.75) is 38.0 Å². The zero-order valence-corrected chi connectivity index (χ0v) is 13.7. The van der Waals surface area contributed by atoms with Gasteiger partial charge in [0.25, 0.3) is 0 Å². The standard InChI is InChI=1S/C15H25NO4S/c1-4-5-13(8-9-17)11-16-21(18,19)14-6-7-15(20-3)12(2)10-14/h6-7,10,13,16-17H,4-5,8-9,11H2,1-3H3. The van der Waals surface area contributed by atoms with Gasteiger partial charge in [0.05, 0.1) is 12.0 Å². The fourth-order valence-electron chi connectivity index (χ4n) is 2.27. The molecular weight excluding hydrogens is 290 g/mol. The van der Waals surface area contributed by atoms with Gasteiger partial charge in [-0.2, -0.15) is 0 Å². The Labute approximate surface area is 127 Å². The van der Waals surface area contributed by atoms with E-state index in [1.165, 1.54) is 6.07 Å². The second-order valence-electron chi connectivity index (χ2n) is 5.15. The molecule has 0 aromatic heterocycles. The molecule has 0 saturated carbocycles. The van der Waals surface area contributed by atoms with Crippen LogP contribution in [0.5, 0.6) is 5.75 Å². The quantitative estimate of drug-likeness (QED) is 0.731. The van der Waals surface area contributed by atoms with Gasteiger partial charge in [-0.15, -0.1) is 0 Å². The highest BCUT2D eigenvalue weighted by molar-refractivity contribution is 7.89. The molecule has 120 valence electrons. The molecule has 0 saturated heterocycles. The van der Waals surface area contributed by atoms with Crippen LogP contribution in [0, 0.1) is 12.8 Å². The summed E-state index contributed by atoms with van der Waals surface area (Å²) in [5.74, 6) is 0.826. The van der Waals surface area contributed by atoms with Gasteiger partial charge >= 0.3 is 0 Å². The zero-order chi connectivity index (χ0) is 15.9. The maximum Gasteiger partial charge on any atom is 0.240 e. The van der Waals surface area contributed by atoms with Gasteiger partial charge in [0, 0.05) is 13.2 Å². The molecule has 0 fully saturated rings. The summed E-state index contributed by atoms with van der Waals surface area (Å²) >= 11 is 0. The number of methoxy groups -OCH3 is 1. The molecule has 6 heteroatoms. The van der Waals surface area contributed by atoms with Crippen LogP contribution in [-0.4, -0.2) is 33.8 Å². The number of aliphatic hydroxyl groups excluding tert-OH is 1. The van der Waals surface area contributed by atoms with E-state index in [0.717, 1.165) is 18.4 Å². The molecule has 0 bridgehead atoms. The molecule has 0 radical (unpaired) electrons. The normalized spacial score (nSPS) is 13.1. The minimum atomic E-state index is -3.53. The van der Waals surface area contributed by atoms with Crippen molar-refractivity contribution in [2.24, 2.45) is 5.92 Å². The van der Waals surface area contributed by atoms with Crippen LogP contribution in [0.25, 0.3) is 0 Å². The van der Waals surface area contributed by atoms with E-state index >= 15 is 0 Å². The summed E-state index contributed by atoms with van der Waals surface area (Å²) in [6.07, 6.45) is 2.47. The van der Waals surface area contributed by atoms with Gasteiger partial charge in [-0.05, 0) is 49.4 Å². The van der Waals surface area contributed by atoms with Crippen molar-refractivity contribution in [3.8, 4) is 5.75 Å². The highest BCUT2D eigenvalue weighted by atomic mass is 32.2. The van der Waals surface area contributed by atoms with Crippen LogP contribution < -0.4 is 9.46 Å². The van der Waals surface area contributed by atoms with Crippen LogP contribution in [0.3, 0.4) is 0 Å². The average Bonchev–Trinajstić information content (AvgIpc) is 2.45. The van der Waals surface area contributed by atoms with Crippen LogP contribution in [-0.2, 0) is 10.0 Å². The predicted molar refractivity (Wildman–Crippen MR) is 83.0 cm³/mol. The second-order valence-corrected chi connectivity index (χ2v) is 6.92. The summed E-state index contributed by atoms with van der Waals surface area (Å²) in [5, 5.41) is 9.01. The van der Waals surface area contributed by atoms with Gasteiger partial charge in [-0.1, -0.05) is 13.3 Å². The number of aliphatic hydroxyl groups is 1. The predicted octanol–water partition coefficient (Wildman–Crippen LogP) is 2.08. The largest absolute Gasteiger partial charge is 0.496 e. The first-order valence-corrected chi connectivity index (χ1v) is 8.68. The third kappa shape index (κ3) is 5.30. The van der Waals surface area contributed by atoms with Crippen molar-refractivity contribution in [3.05, 3.63) is 23.8 Å². The number of ether oxygens (including phenoxy) is 1. The summed E-state index contributed by atoms with van der Waals surface area (Å²) in [4.78, 5) is 0.236. The van der Waals surface area contributed by atoms with E-state index in [9.17, 15) is 8.42 Å². The minimum absolute atomic E-state index is 0.0774. The summed E-state index contributed by atoms with van der Waals surface area (Å²) in [6.45, 7) is 4.28. The van der Waals surface area contributed by atoms with E-state index in [2.05, 4.69) is 4.72 Å². The van der Waals surface area contributed by atoms with Gasteiger partial charge in [0.2, 0.25) is 10.0 Å². The molecule has 0 heterocycles. The van der Waals surface area contributed by atoms with Gasteiger partial charge in [-0.25, -0.2) is 13.1 Å². The van der Waals surface area contributed by atoms with Crippen molar-refractivity contribution < 1.29 is 18.3 Å². The fourth-order valence-corrected chi connectivity index (χ4v) is 3.47. The third-order valence-electron chi connectivity index (χ3n) is 3.47. The lowest BCUT2D eigenvalue weighted by Gasteiger charge is -2.16. The monoisotopic (exact) mass is 315 g/mol. The van der Waals surface area contributed by atoms with E-state index in [1.807, 2.05) is 13.8 Å². The first-order chi connectivity index (χ1) is 9.94. The molecule has 5 nitrogen and oxygen atoms in total. The molecule has 1 aromatic rings. The van der Waals surface area contributed by atoms with Crippen LogP contribution in [0.1, 0.15) is 31.7 Å². The van der Waals surface area contributed by atoms with Crippen LogP contribution in [0.2, 0.25) is 0 Å². The Bertz CT molecular complexity index is 537. The van der Waals surface area contributed by atoms with E-state index in [4.69, 9.17) is 9.84 Å². The maximum atomic E-state index is 12.3. The zero-order valence-electron chi connectivity index (χ0n) is 12.9. The fraction of sp³-hybridized carbons (Fsp3) is 0.600. The van der Waals surface area contributed by atoms with E-state index < -0.39 is 10.0 Å². The molecule has 1 atom stereocenters. The first kappa shape index (κ1) is 17.9. The number of sulfonamides is 1. The van der Waals surface area contributed by atoms with Gasteiger partial charge in [0.1, 0.15) is 5.75 Å². The lowest BCUT2D eigenvalue weighted by Crippen LogP contribution is -2.30. The molecule has 0 aliphatic rings. The number of nitrogens with one attached hydrogen (secondary N) is 1. The van der Waals surface area contributed by atoms with E-state index in [1.54, 1.807) is 19.2 Å². The molecule has 1 rings (SSSR count). The molecule has 0 aliphatic carbocycles. The smallest absolute Gasteiger partial charge is 0.240 e. The maximum absolute atomic E-state index is 12.3.